The minimum atomic E-state index is -0.646. The van der Waals surface area contributed by atoms with Crippen molar-refractivity contribution in [3.63, 3.8) is 0 Å². The number of fused-ring (bicyclic) bond motifs is 1. The number of nitrogen functional groups attached to an aromatic ring is 1. The second-order valence-electron chi connectivity index (χ2n) is 10.7. The number of ether oxygens (including phenoxy) is 1. The summed E-state index contributed by atoms with van der Waals surface area (Å²) in [6, 6.07) is 0. The molecule has 0 unspecified atom stereocenters. The van der Waals surface area contributed by atoms with Crippen LogP contribution in [0.25, 0.3) is 0 Å². The minimum absolute atomic E-state index is 0.179. The lowest BCUT2D eigenvalue weighted by Crippen LogP contribution is -2.41. The van der Waals surface area contributed by atoms with Gasteiger partial charge in [-0.15, -0.1) is 0 Å². The van der Waals surface area contributed by atoms with E-state index < -0.39 is 11.4 Å². The summed E-state index contributed by atoms with van der Waals surface area (Å²) in [5, 5.41) is 0. The van der Waals surface area contributed by atoms with Gasteiger partial charge < -0.3 is 15.0 Å². The van der Waals surface area contributed by atoms with Crippen LogP contribution in [-0.4, -0.2) is 31.0 Å². The molecule has 0 aromatic carbocycles. The summed E-state index contributed by atoms with van der Waals surface area (Å²) in [4.78, 5) is 28.8. The predicted molar refractivity (Wildman–Crippen MR) is 138 cm³/mol. The van der Waals surface area contributed by atoms with Gasteiger partial charge in [0, 0.05) is 13.5 Å². The molecule has 2 N–H and O–H groups in total. The molecule has 3 heterocycles. The molecule has 0 bridgehead atoms. The van der Waals surface area contributed by atoms with Crippen LogP contribution >= 0.6 is 0 Å². The average Bonchev–Trinajstić information content (AvgIpc) is 3.12. The Morgan fingerprint density at radius 3 is 2.69 bits per heavy atom. The van der Waals surface area contributed by atoms with Crippen LogP contribution in [0.1, 0.15) is 64.0 Å². The van der Waals surface area contributed by atoms with Gasteiger partial charge >= 0.3 is 5.76 Å². The van der Waals surface area contributed by atoms with Crippen molar-refractivity contribution in [2.75, 3.05) is 5.73 Å². The highest BCUT2D eigenvalue weighted by Crippen LogP contribution is 2.45. The molecule has 0 saturated heterocycles. The number of rotatable bonds is 4. The smallest absolute Gasteiger partial charge is 0.459 e. The number of aryl methyl sites for hydroxylation is 3. The Balaban J connectivity index is 1.28. The molecule has 0 atom stereocenters. The van der Waals surface area contributed by atoms with Crippen molar-refractivity contribution in [2.24, 2.45) is 23.4 Å². The highest BCUT2D eigenvalue weighted by atomic mass is 16.5. The Bertz CT molecular complexity index is 1340. The van der Waals surface area contributed by atoms with E-state index in [1.807, 2.05) is 13.8 Å². The van der Waals surface area contributed by atoms with Gasteiger partial charge in [0.25, 0.3) is 0 Å². The van der Waals surface area contributed by atoms with Gasteiger partial charge in [0.05, 0.1) is 5.71 Å². The zero-order valence-electron chi connectivity index (χ0n) is 21.5. The molecule has 9 nitrogen and oxygen atoms in total. The van der Waals surface area contributed by atoms with E-state index in [-0.39, 0.29) is 5.41 Å². The Hall–Kier alpha value is -3.49. The first-order chi connectivity index (χ1) is 17.1. The van der Waals surface area contributed by atoms with Crippen LogP contribution in [0.2, 0.25) is 0 Å². The maximum atomic E-state index is 11.3. The average molecular weight is 491 g/mol. The van der Waals surface area contributed by atoms with Crippen LogP contribution in [0.3, 0.4) is 0 Å². The molecule has 1 saturated carbocycles. The molecule has 190 valence electrons. The first kappa shape index (κ1) is 24.2. The van der Waals surface area contributed by atoms with Crippen LogP contribution in [0.4, 0.5) is 11.5 Å². The molecule has 3 aliphatic rings. The molecule has 5 rings (SSSR count). The largest absolute Gasteiger partial charge is 0.463 e. The van der Waals surface area contributed by atoms with Gasteiger partial charge in [-0.25, -0.2) is 14.8 Å². The van der Waals surface area contributed by atoms with E-state index in [9.17, 15) is 4.79 Å². The Kier molecular flexibility index (Phi) is 6.18. The maximum Gasteiger partial charge on any atom is 0.459 e. The molecular formula is C27H34N6O3. The lowest BCUT2D eigenvalue weighted by Gasteiger charge is -2.38. The number of hydrogen-bond donors (Lipinski definition) is 1. The lowest BCUT2D eigenvalue weighted by molar-refractivity contribution is 0.171. The fourth-order valence-electron chi connectivity index (χ4n) is 5.57. The van der Waals surface area contributed by atoms with Crippen molar-refractivity contribution in [1.82, 2.24) is 19.7 Å². The van der Waals surface area contributed by atoms with Crippen LogP contribution in [-0.2, 0) is 13.5 Å². The van der Waals surface area contributed by atoms with Gasteiger partial charge in [0.15, 0.2) is 11.5 Å². The second-order valence-corrected chi connectivity index (χ2v) is 10.7. The molecule has 0 radical (unpaired) electrons. The van der Waals surface area contributed by atoms with E-state index >= 15 is 0 Å². The van der Waals surface area contributed by atoms with Gasteiger partial charge in [0.1, 0.15) is 17.2 Å². The van der Waals surface area contributed by atoms with E-state index in [4.69, 9.17) is 20.0 Å². The topological polar surface area (TPSA) is 121 Å². The highest BCUT2D eigenvalue weighted by molar-refractivity contribution is 6.11. The third-order valence-corrected chi connectivity index (χ3v) is 7.63. The molecule has 1 aliphatic heterocycles. The number of nitrogens with zero attached hydrogens (tertiary/aromatic N) is 5. The molecule has 2 aliphatic carbocycles. The SMILES string of the molecule is Cc1nc(N)c2c(n1)OC(C)(C)C(C1=C\C=C\C3(C/C=C\1)CCC(CCc1nc(=O)on1C)CC3)=N2. The van der Waals surface area contributed by atoms with Crippen molar-refractivity contribution in [3.05, 3.63) is 58.2 Å². The van der Waals surface area contributed by atoms with Crippen LogP contribution in [0.15, 0.2) is 50.3 Å². The van der Waals surface area contributed by atoms with E-state index in [2.05, 4.69) is 45.3 Å². The lowest BCUT2D eigenvalue weighted by atomic mass is 9.67. The predicted octanol–water partition coefficient (Wildman–Crippen LogP) is 4.55. The number of hydrogen-bond acceptors (Lipinski definition) is 8. The van der Waals surface area contributed by atoms with Crippen molar-refractivity contribution in [1.29, 1.82) is 0 Å². The number of aliphatic imine (C=N–C) groups is 1. The summed E-state index contributed by atoms with van der Waals surface area (Å²) in [6.45, 7) is 5.79. The Morgan fingerprint density at radius 1 is 1.19 bits per heavy atom. The fourth-order valence-corrected chi connectivity index (χ4v) is 5.57. The summed E-state index contributed by atoms with van der Waals surface area (Å²) in [6.07, 6.45) is 18.5. The van der Waals surface area contributed by atoms with E-state index in [0.717, 1.165) is 49.2 Å². The van der Waals surface area contributed by atoms with E-state index in [1.54, 1.807) is 14.0 Å². The second kappa shape index (κ2) is 9.19. The number of aromatic nitrogens is 4. The molecule has 0 amide bonds. The third-order valence-electron chi connectivity index (χ3n) is 7.63. The van der Waals surface area contributed by atoms with Crippen molar-refractivity contribution >= 4 is 17.2 Å². The van der Waals surface area contributed by atoms with E-state index in [0.29, 0.717) is 29.1 Å². The van der Waals surface area contributed by atoms with Gasteiger partial charge in [-0.1, -0.05) is 30.4 Å². The normalized spacial score (nSPS) is 28.2. The third kappa shape index (κ3) is 4.79. The number of anilines is 1. The molecular weight excluding hydrogens is 456 g/mol. The highest BCUT2D eigenvalue weighted by Gasteiger charge is 2.37. The zero-order chi connectivity index (χ0) is 25.5. The van der Waals surface area contributed by atoms with Gasteiger partial charge in [-0.2, -0.15) is 14.7 Å². The van der Waals surface area contributed by atoms with Gasteiger partial charge in [-0.3, -0.25) is 0 Å². The zero-order valence-corrected chi connectivity index (χ0v) is 21.5. The Morgan fingerprint density at radius 2 is 1.97 bits per heavy atom. The van der Waals surface area contributed by atoms with Crippen molar-refractivity contribution in [2.45, 2.75) is 71.3 Å². The molecule has 36 heavy (non-hydrogen) atoms. The summed E-state index contributed by atoms with van der Waals surface area (Å²) in [5.41, 5.74) is 7.98. The Labute approximate surface area is 210 Å². The number of allylic oxidation sites excluding steroid dienone is 5. The molecule has 1 spiro atoms. The van der Waals surface area contributed by atoms with Crippen LogP contribution in [0, 0.1) is 18.3 Å². The maximum absolute atomic E-state index is 11.3. The summed E-state index contributed by atoms with van der Waals surface area (Å²) < 4.78 is 12.7. The quantitative estimate of drug-likeness (QED) is 0.667. The van der Waals surface area contributed by atoms with Crippen LogP contribution < -0.4 is 16.2 Å². The standard InChI is InChI=1S/C27H34N6O3/c1-17-29-23(28)21-24(30-17)35-26(2,3)22(32-21)19-7-5-13-27(14-6-8-19)15-11-18(12-16-27)9-10-20-31-25(34)36-33(20)4/h5-8,13,18H,9-12,14-16H2,1-4H3,(H2,28,29,30)/b8-6-,13-5+,19-7-. The molecule has 2 aromatic heterocycles. The summed E-state index contributed by atoms with van der Waals surface area (Å²) >= 11 is 0. The summed E-state index contributed by atoms with van der Waals surface area (Å²) in [5.74, 6) is 2.19. The minimum Gasteiger partial charge on any atom is -0.463 e. The molecule has 9 heteroatoms. The number of nitrogens with two attached hydrogens (primary N) is 1. The fraction of sp³-hybridized carbons (Fsp3) is 0.519. The molecule has 1 fully saturated rings. The summed E-state index contributed by atoms with van der Waals surface area (Å²) in [7, 11) is 1.74. The van der Waals surface area contributed by atoms with Crippen molar-refractivity contribution in [3.8, 4) is 5.88 Å². The van der Waals surface area contributed by atoms with Gasteiger partial charge in [0.2, 0.25) is 5.88 Å². The molecule has 2 aromatic rings. The van der Waals surface area contributed by atoms with Crippen molar-refractivity contribution < 1.29 is 9.26 Å². The van der Waals surface area contributed by atoms with Crippen LogP contribution in [0.5, 0.6) is 5.88 Å². The van der Waals surface area contributed by atoms with Gasteiger partial charge in [-0.05, 0) is 76.2 Å². The first-order valence-electron chi connectivity index (χ1n) is 12.7. The monoisotopic (exact) mass is 490 g/mol. The first-order valence-corrected chi connectivity index (χ1v) is 12.7. The van der Waals surface area contributed by atoms with E-state index in [1.165, 1.54) is 17.6 Å².